The van der Waals surface area contributed by atoms with Gasteiger partial charge in [-0.3, -0.25) is 0 Å². The Morgan fingerprint density at radius 2 is 1.78 bits per heavy atom. The van der Waals surface area contributed by atoms with Crippen LogP contribution in [0.4, 0.5) is 11.8 Å². The van der Waals surface area contributed by atoms with Crippen LogP contribution in [0.3, 0.4) is 0 Å². The van der Waals surface area contributed by atoms with Gasteiger partial charge in [-0.1, -0.05) is 43.0 Å². The molecule has 0 bridgehead atoms. The van der Waals surface area contributed by atoms with Crippen LogP contribution in [-0.4, -0.2) is 59.5 Å². The summed E-state index contributed by atoms with van der Waals surface area (Å²) in [5.74, 6) is 2.26. The topological polar surface area (TPSA) is 73.5 Å². The number of nitrogen functional groups attached to an aromatic ring is 1. The molecule has 3 heterocycles. The van der Waals surface area contributed by atoms with Crippen LogP contribution in [0.15, 0.2) is 60.9 Å². The highest BCUT2D eigenvalue weighted by atomic mass is 15.3. The molecule has 2 aromatic carbocycles. The van der Waals surface area contributed by atoms with E-state index in [0.717, 1.165) is 75.0 Å². The fourth-order valence-corrected chi connectivity index (χ4v) is 5.94. The zero-order chi connectivity index (χ0) is 25.4. The predicted molar refractivity (Wildman–Crippen MR) is 150 cm³/mol. The van der Waals surface area contributed by atoms with E-state index in [0.29, 0.717) is 12.0 Å². The van der Waals surface area contributed by atoms with E-state index in [9.17, 15) is 0 Å². The third kappa shape index (κ3) is 5.01. The van der Waals surface area contributed by atoms with Gasteiger partial charge in [-0.2, -0.15) is 4.98 Å². The molecule has 0 saturated carbocycles. The number of nitrogens with two attached hydrogens (primary N) is 1. The van der Waals surface area contributed by atoms with Crippen LogP contribution < -0.4 is 16.0 Å². The number of rotatable bonds is 5. The van der Waals surface area contributed by atoms with E-state index in [1.54, 1.807) is 0 Å². The van der Waals surface area contributed by atoms with Crippen LogP contribution in [-0.2, 0) is 19.4 Å². The van der Waals surface area contributed by atoms with E-state index in [4.69, 9.17) is 5.73 Å². The molecule has 1 aliphatic carbocycles. The van der Waals surface area contributed by atoms with Crippen molar-refractivity contribution in [2.75, 3.05) is 50.4 Å². The maximum atomic E-state index is 6.17. The third-order valence-electron chi connectivity index (χ3n) is 8.16. The number of aromatic nitrogens is 2. The van der Waals surface area contributed by atoms with Crippen LogP contribution in [0.2, 0.25) is 0 Å². The van der Waals surface area contributed by atoms with Crippen molar-refractivity contribution >= 4 is 11.8 Å². The average molecular weight is 496 g/mol. The summed E-state index contributed by atoms with van der Waals surface area (Å²) in [5.41, 5.74) is 13.8. The number of anilines is 2. The fraction of sp³-hybridized carbons (Fsp3) is 0.400. The molecule has 3 aromatic rings. The average Bonchev–Trinajstić information content (AvgIpc) is 2.92. The predicted octanol–water partition coefficient (Wildman–Crippen LogP) is 3.97. The molecule has 2 aliphatic heterocycles. The summed E-state index contributed by atoms with van der Waals surface area (Å²) in [6, 6.07) is 18.0. The van der Waals surface area contributed by atoms with Gasteiger partial charge in [0.1, 0.15) is 5.82 Å². The van der Waals surface area contributed by atoms with Crippen LogP contribution >= 0.6 is 0 Å². The van der Waals surface area contributed by atoms with Gasteiger partial charge in [-0.15, -0.1) is 0 Å². The molecule has 1 fully saturated rings. The first-order valence-electron chi connectivity index (χ1n) is 13.5. The first-order chi connectivity index (χ1) is 18.0. The van der Waals surface area contributed by atoms with Gasteiger partial charge in [-0.05, 0) is 61.1 Å². The van der Waals surface area contributed by atoms with E-state index < -0.39 is 0 Å². The number of fused-ring (bicyclic) bond motifs is 2. The summed E-state index contributed by atoms with van der Waals surface area (Å²) in [4.78, 5) is 16.2. The quantitative estimate of drug-likeness (QED) is 0.555. The van der Waals surface area contributed by atoms with Crippen molar-refractivity contribution in [3.8, 4) is 11.3 Å². The van der Waals surface area contributed by atoms with Crippen molar-refractivity contribution in [2.24, 2.45) is 0 Å². The standard InChI is InChI=1S/C30H37N7/c1-21(32-27-9-5-7-23-6-3-4-8-26(23)27)37-13-12-22-10-11-24(18-25(22)20-37)28-19-29(34-30(31)33-28)36-16-14-35(2)15-17-36/h3-4,6,8,10-11,18-19,27,32H,1,5,7,9,12-17,20H2,2H3,(H2,31,33,34). The number of nitrogens with zero attached hydrogens (tertiary/aromatic N) is 5. The smallest absolute Gasteiger partial charge is 0.222 e. The second-order valence-corrected chi connectivity index (χ2v) is 10.6. The largest absolute Gasteiger partial charge is 0.368 e. The molecule has 3 N–H and O–H groups in total. The van der Waals surface area contributed by atoms with E-state index in [2.05, 4.69) is 92.1 Å². The normalized spacial score (nSPS) is 19.8. The van der Waals surface area contributed by atoms with Gasteiger partial charge in [0, 0.05) is 50.9 Å². The van der Waals surface area contributed by atoms with Gasteiger partial charge in [0.25, 0.3) is 0 Å². The van der Waals surface area contributed by atoms with E-state index in [1.807, 2.05) is 0 Å². The molecule has 0 spiro atoms. The highest BCUT2D eigenvalue weighted by Crippen LogP contribution is 2.32. The fourth-order valence-electron chi connectivity index (χ4n) is 5.94. The Bertz CT molecular complexity index is 1290. The van der Waals surface area contributed by atoms with Gasteiger partial charge >= 0.3 is 0 Å². The number of piperazine rings is 1. The summed E-state index contributed by atoms with van der Waals surface area (Å²) in [6.07, 6.45) is 4.54. The van der Waals surface area contributed by atoms with Gasteiger partial charge in [-0.25, -0.2) is 4.98 Å². The molecule has 1 atom stereocenters. The Hall–Kier alpha value is -3.58. The van der Waals surface area contributed by atoms with Crippen molar-refractivity contribution in [1.82, 2.24) is 25.1 Å². The second kappa shape index (κ2) is 10.1. The van der Waals surface area contributed by atoms with Crippen molar-refractivity contribution in [3.63, 3.8) is 0 Å². The summed E-state index contributed by atoms with van der Waals surface area (Å²) in [5, 5.41) is 3.76. The van der Waals surface area contributed by atoms with Crippen molar-refractivity contribution in [2.45, 2.75) is 38.3 Å². The minimum atomic E-state index is 0.330. The molecule has 1 unspecified atom stereocenters. The van der Waals surface area contributed by atoms with Gasteiger partial charge in [0.2, 0.25) is 5.95 Å². The Labute approximate surface area is 220 Å². The number of hydrogen-bond acceptors (Lipinski definition) is 7. The molecule has 3 aliphatic rings. The summed E-state index contributed by atoms with van der Waals surface area (Å²) in [7, 11) is 2.16. The van der Waals surface area contributed by atoms with Crippen molar-refractivity contribution in [3.05, 3.63) is 83.2 Å². The van der Waals surface area contributed by atoms with Crippen LogP contribution in [0.1, 0.15) is 41.1 Å². The summed E-state index contributed by atoms with van der Waals surface area (Å²) < 4.78 is 0. The first-order valence-corrected chi connectivity index (χ1v) is 13.5. The molecular formula is C30H37N7. The molecule has 192 valence electrons. The lowest BCUT2D eigenvalue weighted by Crippen LogP contribution is -2.44. The molecule has 7 nitrogen and oxygen atoms in total. The Balaban J connectivity index is 1.19. The third-order valence-corrected chi connectivity index (χ3v) is 8.16. The molecule has 0 radical (unpaired) electrons. The van der Waals surface area contributed by atoms with E-state index in [1.165, 1.54) is 35.1 Å². The molecule has 6 rings (SSSR count). The molecule has 7 heteroatoms. The van der Waals surface area contributed by atoms with E-state index in [-0.39, 0.29) is 0 Å². The zero-order valence-corrected chi connectivity index (χ0v) is 21.8. The maximum Gasteiger partial charge on any atom is 0.222 e. The second-order valence-electron chi connectivity index (χ2n) is 10.6. The van der Waals surface area contributed by atoms with Crippen LogP contribution in [0.5, 0.6) is 0 Å². The summed E-state index contributed by atoms with van der Waals surface area (Å²) >= 11 is 0. The first kappa shape index (κ1) is 23.8. The SMILES string of the molecule is C=C(NC1CCCc2ccccc21)N1CCc2ccc(-c3cc(N4CCN(C)CC4)nc(N)n3)cc2C1. The molecule has 1 saturated heterocycles. The van der Waals surface area contributed by atoms with Crippen molar-refractivity contribution in [1.29, 1.82) is 0 Å². The molecule has 37 heavy (non-hydrogen) atoms. The van der Waals surface area contributed by atoms with E-state index >= 15 is 0 Å². The lowest BCUT2D eigenvalue weighted by atomic mass is 9.88. The monoisotopic (exact) mass is 495 g/mol. The Morgan fingerprint density at radius 3 is 2.65 bits per heavy atom. The lowest BCUT2D eigenvalue weighted by Gasteiger charge is -2.36. The zero-order valence-electron chi connectivity index (χ0n) is 21.8. The number of hydrogen-bond donors (Lipinski definition) is 2. The minimum Gasteiger partial charge on any atom is -0.368 e. The maximum absolute atomic E-state index is 6.17. The Morgan fingerprint density at radius 1 is 0.946 bits per heavy atom. The Kier molecular flexibility index (Phi) is 6.47. The highest BCUT2D eigenvalue weighted by Gasteiger charge is 2.24. The lowest BCUT2D eigenvalue weighted by molar-refractivity contribution is 0.285. The molecule has 0 amide bonds. The number of nitrogens with one attached hydrogen (secondary N) is 1. The molecular weight excluding hydrogens is 458 g/mol. The van der Waals surface area contributed by atoms with Gasteiger partial charge < -0.3 is 25.8 Å². The number of likely N-dealkylation sites (N-methyl/N-ethyl adjacent to an activating group) is 1. The van der Waals surface area contributed by atoms with Crippen molar-refractivity contribution < 1.29 is 0 Å². The highest BCUT2D eigenvalue weighted by molar-refractivity contribution is 5.66. The van der Waals surface area contributed by atoms with Crippen LogP contribution in [0, 0.1) is 0 Å². The van der Waals surface area contributed by atoms with Gasteiger partial charge in [0.15, 0.2) is 0 Å². The van der Waals surface area contributed by atoms with Gasteiger partial charge in [0.05, 0.1) is 17.6 Å². The molecule has 1 aromatic heterocycles. The summed E-state index contributed by atoms with van der Waals surface area (Å²) in [6.45, 7) is 10.2. The number of aryl methyl sites for hydroxylation is 1. The van der Waals surface area contributed by atoms with Crippen LogP contribution in [0.25, 0.3) is 11.3 Å². The number of benzene rings is 2. The minimum absolute atomic E-state index is 0.330.